The van der Waals surface area contributed by atoms with Crippen molar-refractivity contribution >= 4 is 16.7 Å². The number of hydrogen-bond donors (Lipinski definition) is 2. The molecule has 3 aromatic rings. The van der Waals surface area contributed by atoms with E-state index >= 15 is 0 Å². The van der Waals surface area contributed by atoms with Crippen molar-refractivity contribution in [2.45, 2.75) is 0 Å². The van der Waals surface area contributed by atoms with Crippen molar-refractivity contribution in [2.75, 3.05) is 12.8 Å². The van der Waals surface area contributed by atoms with Gasteiger partial charge in [-0.3, -0.25) is 4.68 Å². The van der Waals surface area contributed by atoms with Gasteiger partial charge in [0.25, 0.3) is 0 Å². The molecule has 18 heavy (non-hydrogen) atoms. The lowest BCUT2D eigenvalue weighted by Gasteiger charge is -2.02. The molecule has 3 N–H and O–H groups in total. The summed E-state index contributed by atoms with van der Waals surface area (Å²) in [5.74, 6) is 1.35. The number of nitrogens with zero attached hydrogens (tertiary/aromatic N) is 2. The summed E-state index contributed by atoms with van der Waals surface area (Å²) in [6.45, 7) is 0. The number of H-pyrrole nitrogens is 1. The van der Waals surface area contributed by atoms with Crippen molar-refractivity contribution < 1.29 is 4.74 Å². The molecule has 0 spiro atoms. The number of anilines is 1. The molecule has 0 bridgehead atoms. The van der Waals surface area contributed by atoms with Crippen molar-refractivity contribution in [3.8, 4) is 17.0 Å². The van der Waals surface area contributed by atoms with Gasteiger partial charge in [0, 0.05) is 30.3 Å². The van der Waals surface area contributed by atoms with Crippen LogP contribution in [0, 0.1) is 0 Å². The zero-order chi connectivity index (χ0) is 12.7. The fraction of sp³-hybridized carbons (Fsp3) is 0.154. The standard InChI is InChI=1S/C13H14N4O/c1-17-10(6-12(14)16-17)9-7-15-13-8(9)4-3-5-11(13)18-2/h3-7,15H,1-2H3,(H2,14,16). The van der Waals surface area contributed by atoms with Crippen LogP contribution in [-0.4, -0.2) is 21.9 Å². The highest BCUT2D eigenvalue weighted by Crippen LogP contribution is 2.33. The predicted molar refractivity (Wildman–Crippen MR) is 71.5 cm³/mol. The number of aryl methyl sites for hydroxylation is 1. The van der Waals surface area contributed by atoms with Crippen molar-refractivity contribution in [3.05, 3.63) is 30.5 Å². The minimum atomic E-state index is 0.518. The molecule has 0 aliphatic carbocycles. The molecule has 0 atom stereocenters. The fourth-order valence-corrected chi connectivity index (χ4v) is 2.25. The third-order valence-electron chi connectivity index (χ3n) is 3.07. The monoisotopic (exact) mass is 242 g/mol. The van der Waals surface area contributed by atoms with E-state index in [9.17, 15) is 0 Å². The van der Waals surface area contributed by atoms with E-state index in [1.807, 2.05) is 37.5 Å². The molecule has 2 heterocycles. The van der Waals surface area contributed by atoms with Gasteiger partial charge in [0.1, 0.15) is 11.6 Å². The molecule has 0 amide bonds. The van der Waals surface area contributed by atoms with Crippen molar-refractivity contribution in [1.82, 2.24) is 14.8 Å². The first-order chi connectivity index (χ1) is 8.70. The quantitative estimate of drug-likeness (QED) is 0.723. The lowest BCUT2D eigenvalue weighted by molar-refractivity contribution is 0.419. The first-order valence-electron chi connectivity index (χ1n) is 5.64. The smallest absolute Gasteiger partial charge is 0.146 e. The zero-order valence-electron chi connectivity index (χ0n) is 10.3. The van der Waals surface area contributed by atoms with E-state index in [4.69, 9.17) is 10.5 Å². The van der Waals surface area contributed by atoms with Crippen LogP contribution in [0.4, 0.5) is 5.82 Å². The van der Waals surface area contributed by atoms with Crippen LogP contribution in [-0.2, 0) is 7.05 Å². The molecule has 1 aromatic carbocycles. The Balaban J connectivity index is 2.28. The Labute approximate surface area is 104 Å². The molecule has 5 nitrogen and oxygen atoms in total. The number of para-hydroxylation sites is 1. The summed E-state index contributed by atoms with van der Waals surface area (Å²) in [5, 5.41) is 5.26. The minimum Gasteiger partial charge on any atom is -0.495 e. The van der Waals surface area contributed by atoms with Gasteiger partial charge in [-0.15, -0.1) is 0 Å². The summed E-state index contributed by atoms with van der Waals surface area (Å²) in [6.07, 6.45) is 1.95. The van der Waals surface area contributed by atoms with Gasteiger partial charge in [-0.05, 0) is 6.07 Å². The summed E-state index contributed by atoms with van der Waals surface area (Å²) in [7, 11) is 3.54. The van der Waals surface area contributed by atoms with Crippen LogP contribution in [0.2, 0.25) is 0 Å². The topological polar surface area (TPSA) is 68.9 Å². The number of benzene rings is 1. The van der Waals surface area contributed by atoms with E-state index in [0.29, 0.717) is 5.82 Å². The van der Waals surface area contributed by atoms with Crippen LogP contribution in [0.15, 0.2) is 30.5 Å². The number of aromatic nitrogens is 3. The Bertz CT molecular complexity index is 711. The first kappa shape index (κ1) is 10.7. The molecule has 5 heteroatoms. The molecule has 2 aromatic heterocycles. The van der Waals surface area contributed by atoms with Gasteiger partial charge in [0.05, 0.1) is 18.3 Å². The minimum absolute atomic E-state index is 0.518. The Morgan fingerprint density at radius 1 is 1.39 bits per heavy atom. The second-order valence-electron chi connectivity index (χ2n) is 4.16. The van der Waals surface area contributed by atoms with Gasteiger partial charge >= 0.3 is 0 Å². The van der Waals surface area contributed by atoms with Crippen molar-refractivity contribution in [2.24, 2.45) is 7.05 Å². The van der Waals surface area contributed by atoms with Crippen LogP contribution in [0.5, 0.6) is 5.75 Å². The molecule has 0 fully saturated rings. The van der Waals surface area contributed by atoms with Crippen LogP contribution in [0.3, 0.4) is 0 Å². The number of nitrogens with one attached hydrogen (secondary N) is 1. The van der Waals surface area contributed by atoms with E-state index in [2.05, 4.69) is 10.1 Å². The van der Waals surface area contributed by atoms with Crippen LogP contribution >= 0.6 is 0 Å². The number of nitrogen functional groups attached to an aromatic ring is 1. The molecule has 92 valence electrons. The largest absolute Gasteiger partial charge is 0.495 e. The third kappa shape index (κ3) is 1.44. The van der Waals surface area contributed by atoms with Gasteiger partial charge in [-0.2, -0.15) is 5.10 Å². The van der Waals surface area contributed by atoms with Gasteiger partial charge in [0.15, 0.2) is 0 Å². The Morgan fingerprint density at radius 3 is 2.89 bits per heavy atom. The van der Waals surface area contributed by atoms with E-state index in [1.165, 1.54) is 0 Å². The fourth-order valence-electron chi connectivity index (χ4n) is 2.25. The van der Waals surface area contributed by atoms with Crippen LogP contribution in [0.1, 0.15) is 0 Å². The van der Waals surface area contributed by atoms with Gasteiger partial charge < -0.3 is 15.5 Å². The highest BCUT2D eigenvalue weighted by molar-refractivity contribution is 5.98. The van der Waals surface area contributed by atoms with Gasteiger partial charge in [-0.25, -0.2) is 0 Å². The second-order valence-corrected chi connectivity index (χ2v) is 4.16. The average molecular weight is 242 g/mol. The SMILES string of the molecule is COc1cccc2c(-c3cc(N)nn3C)c[nH]c12. The molecular weight excluding hydrogens is 228 g/mol. The van der Waals surface area contributed by atoms with E-state index in [-0.39, 0.29) is 0 Å². The first-order valence-corrected chi connectivity index (χ1v) is 5.64. The van der Waals surface area contributed by atoms with Crippen LogP contribution in [0.25, 0.3) is 22.2 Å². The highest BCUT2D eigenvalue weighted by Gasteiger charge is 2.12. The van der Waals surface area contributed by atoms with Crippen molar-refractivity contribution in [1.29, 1.82) is 0 Å². The molecule has 0 radical (unpaired) electrons. The predicted octanol–water partition coefficient (Wildman–Crippen LogP) is 2.16. The summed E-state index contributed by atoms with van der Waals surface area (Å²) in [4.78, 5) is 3.24. The normalized spacial score (nSPS) is 11.0. The maximum absolute atomic E-state index is 5.72. The highest BCUT2D eigenvalue weighted by atomic mass is 16.5. The summed E-state index contributed by atoms with van der Waals surface area (Å²) >= 11 is 0. The lowest BCUT2D eigenvalue weighted by Crippen LogP contribution is -1.94. The molecule has 0 saturated heterocycles. The average Bonchev–Trinajstić information content (AvgIpc) is 2.91. The second kappa shape index (κ2) is 3.80. The lowest BCUT2D eigenvalue weighted by atomic mass is 10.1. The molecule has 3 rings (SSSR count). The Kier molecular flexibility index (Phi) is 2.26. The molecule has 0 unspecified atom stereocenters. The zero-order valence-corrected chi connectivity index (χ0v) is 10.3. The third-order valence-corrected chi connectivity index (χ3v) is 3.07. The van der Waals surface area contributed by atoms with E-state index in [0.717, 1.165) is 27.9 Å². The number of aromatic amines is 1. The number of nitrogens with two attached hydrogens (primary N) is 1. The van der Waals surface area contributed by atoms with E-state index < -0.39 is 0 Å². The maximum atomic E-state index is 5.72. The number of methoxy groups -OCH3 is 1. The van der Waals surface area contributed by atoms with Crippen LogP contribution < -0.4 is 10.5 Å². The molecular formula is C13H14N4O. The Hall–Kier alpha value is -2.43. The number of ether oxygens (including phenoxy) is 1. The van der Waals surface area contributed by atoms with Gasteiger partial charge in [0.2, 0.25) is 0 Å². The van der Waals surface area contributed by atoms with Gasteiger partial charge in [-0.1, -0.05) is 12.1 Å². The number of rotatable bonds is 2. The van der Waals surface area contributed by atoms with E-state index in [1.54, 1.807) is 11.8 Å². The Morgan fingerprint density at radius 2 is 2.22 bits per heavy atom. The summed E-state index contributed by atoms with van der Waals surface area (Å²) in [5.41, 5.74) is 8.74. The summed E-state index contributed by atoms with van der Waals surface area (Å²) in [6, 6.07) is 7.81. The summed E-state index contributed by atoms with van der Waals surface area (Å²) < 4.78 is 7.11. The number of fused-ring (bicyclic) bond motifs is 1. The molecule has 0 saturated carbocycles. The molecule has 0 aliphatic rings. The molecule has 0 aliphatic heterocycles. The maximum Gasteiger partial charge on any atom is 0.146 e. The number of hydrogen-bond acceptors (Lipinski definition) is 3. The van der Waals surface area contributed by atoms with Crippen molar-refractivity contribution in [3.63, 3.8) is 0 Å².